The maximum atomic E-state index is 12.5. The van der Waals surface area contributed by atoms with E-state index in [2.05, 4.69) is 15.6 Å². The molecule has 5 nitrogen and oxygen atoms in total. The van der Waals surface area contributed by atoms with E-state index in [1.54, 1.807) is 48.7 Å². The smallest absolute Gasteiger partial charge is 0.255 e. The molecule has 1 aromatic heterocycles. The Hall–Kier alpha value is -2.99. The van der Waals surface area contributed by atoms with Crippen molar-refractivity contribution in [3.8, 4) is 10.6 Å². The van der Waals surface area contributed by atoms with Crippen LogP contribution in [0.25, 0.3) is 10.6 Å². The first-order chi connectivity index (χ1) is 12.5. The van der Waals surface area contributed by atoms with Crippen LogP contribution in [0.5, 0.6) is 0 Å². The summed E-state index contributed by atoms with van der Waals surface area (Å²) in [6.07, 6.45) is 0. The molecule has 2 amide bonds. The molecular formula is C20H19N3O2S. The molecule has 0 bridgehead atoms. The molecule has 1 heterocycles. The number of carbonyl (C=O) groups excluding carboxylic acids is 2. The van der Waals surface area contributed by atoms with Crippen molar-refractivity contribution in [2.45, 2.75) is 13.8 Å². The Kier molecular flexibility index (Phi) is 5.14. The Balaban J connectivity index is 1.79. The van der Waals surface area contributed by atoms with Crippen molar-refractivity contribution in [2.24, 2.45) is 0 Å². The Labute approximate surface area is 156 Å². The van der Waals surface area contributed by atoms with Crippen molar-refractivity contribution >= 4 is 28.8 Å². The van der Waals surface area contributed by atoms with Gasteiger partial charge in [-0.25, -0.2) is 4.98 Å². The highest BCUT2D eigenvalue weighted by atomic mass is 32.1. The fraction of sp³-hybridized carbons (Fsp3) is 0.150. The largest absolute Gasteiger partial charge is 0.355 e. The summed E-state index contributed by atoms with van der Waals surface area (Å²) in [5.41, 5.74) is 4.41. The van der Waals surface area contributed by atoms with Gasteiger partial charge >= 0.3 is 0 Å². The number of benzene rings is 2. The van der Waals surface area contributed by atoms with Crippen molar-refractivity contribution < 1.29 is 9.59 Å². The summed E-state index contributed by atoms with van der Waals surface area (Å²) in [4.78, 5) is 28.9. The predicted molar refractivity (Wildman–Crippen MR) is 105 cm³/mol. The molecule has 0 saturated carbocycles. The molecular weight excluding hydrogens is 346 g/mol. The van der Waals surface area contributed by atoms with Crippen LogP contribution in [-0.4, -0.2) is 23.8 Å². The van der Waals surface area contributed by atoms with Gasteiger partial charge in [0.15, 0.2) is 0 Å². The summed E-state index contributed by atoms with van der Waals surface area (Å²) in [7, 11) is 1.58. The Morgan fingerprint density at radius 3 is 2.35 bits per heavy atom. The number of thiazole rings is 1. The average molecular weight is 365 g/mol. The summed E-state index contributed by atoms with van der Waals surface area (Å²) in [6, 6.07) is 12.6. The number of carbonyl (C=O) groups is 2. The van der Waals surface area contributed by atoms with Gasteiger partial charge in [0.25, 0.3) is 11.8 Å². The maximum absolute atomic E-state index is 12.5. The number of nitrogens with zero attached hydrogens (tertiary/aromatic N) is 1. The summed E-state index contributed by atoms with van der Waals surface area (Å²) < 4.78 is 0. The molecule has 0 aliphatic carbocycles. The van der Waals surface area contributed by atoms with E-state index in [1.165, 1.54) is 0 Å². The summed E-state index contributed by atoms with van der Waals surface area (Å²) >= 11 is 1.58. The lowest BCUT2D eigenvalue weighted by Gasteiger charge is -2.12. The second kappa shape index (κ2) is 7.49. The average Bonchev–Trinajstić information content (AvgIpc) is 3.09. The molecule has 0 fully saturated rings. The molecule has 132 valence electrons. The fourth-order valence-electron chi connectivity index (χ4n) is 2.60. The van der Waals surface area contributed by atoms with Gasteiger partial charge < -0.3 is 10.6 Å². The van der Waals surface area contributed by atoms with E-state index in [0.717, 1.165) is 21.8 Å². The summed E-state index contributed by atoms with van der Waals surface area (Å²) in [5.74, 6) is -0.397. The van der Waals surface area contributed by atoms with Crippen LogP contribution in [0.15, 0.2) is 47.8 Å². The first-order valence-electron chi connectivity index (χ1n) is 8.15. The zero-order chi connectivity index (χ0) is 18.7. The zero-order valence-corrected chi connectivity index (χ0v) is 15.6. The number of hydrogen-bond donors (Lipinski definition) is 2. The van der Waals surface area contributed by atoms with Gasteiger partial charge in [-0.15, -0.1) is 11.3 Å². The number of hydrogen-bond acceptors (Lipinski definition) is 4. The maximum Gasteiger partial charge on any atom is 0.255 e. The van der Waals surface area contributed by atoms with Gasteiger partial charge in [0.05, 0.1) is 0 Å². The lowest BCUT2D eigenvalue weighted by Crippen LogP contribution is -2.20. The highest BCUT2D eigenvalue weighted by Crippen LogP contribution is 2.24. The first-order valence-corrected chi connectivity index (χ1v) is 9.03. The van der Waals surface area contributed by atoms with Gasteiger partial charge in [0.1, 0.15) is 5.01 Å². The molecule has 0 radical (unpaired) electrons. The number of anilines is 1. The third-order valence-corrected chi connectivity index (χ3v) is 5.08. The van der Waals surface area contributed by atoms with E-state index < -0.39 is 0 Å². The summed E-state index contributed by atoms with van der Waals surface area (Å²) in [6.45, 7) is 3.77. The molecule has 0 atom stereocenters. The van der Waals surface area contributed by atoms with Crippen LogP contribution >= 0.6 is 11.3 Å². The number of rotatable bonds is 4. The van der Waals surface area contributed by atoms with Gasteiger partial charge in [-0.3, -0.25) is 9.59 Å². The Morgan fingerprint density at radius 1 is 1.00 bits per heavy atom. The molecule has 3 aromatic rings. The van der Waals surface area contributed by atoms with Crippen LogP contribution in [0, 0.1) is 13.8 Å². The monoisotopic (exact) mass is 365 g/mol. The highest BCUT2D eigenvalue weighted by molar-refractivity contribution is 7.13. The normalized spacial score (nSPS) is 10.4. The van der Waals surface area contributed by atoms with Gasteiger partial charge in [-0.05, 0) is 43.7 Å². The van der Waals surface area contributed by atoms with Crippen molar-refractivity contribution in [1.82, 2.24) is 10.3 Å². The number of aromatic nitrogens is 1. The predicted octanol–water partition coefficient (Wildman–Crippen LogP) is 4.04. The topological polar surface area (TPSA) is 71.1 Å². The molecule has 6 heteroatoms. The number of amides is 2. The van der Waals surface area contributed by atoms with Gasteiger partial charge in [-0.1, -0.05) is 18.2 Å². The quantitative estimate of drug-likeness (QED) is 0.733. The van der Waals surface area contributed by atoms with E-state index >= 15 is 0 Å². The van der Waals surface area contributed by atoms with Crippen LogP contribution in [0.2, 0.25) is 0 Å². The van der Waals surface area contributed by atoms with Crippen LogP contribution in [-0.2, 0) is 0 Å². The molecule has 3 rings (SSSR count). The van der Waals surface area contributed by atoms with Gasteiger partial charge in [-0.2, -0.15) is 0 Å². The number of nitrogens with one attached hydrogen (secondary N) is 2. The fourth-order valence-corrected chi connectivity index (χ4v) is 3.40. The highest BCUT2D eigenvalue weighted by Gasteiger charge is 2.13. The minimum Gasteiger partial charge on any atom is -0.355 e. The van der Waals surface area contributed by atoms with Crippen LogP contribution in [0.1, 0.15) is 32.0 Å². The molecule has 0 aliphatic rings. The molecule has 0 spiro atoms. The van der Waals surface area contributed by atoms with Crippen molar-refractivity contribution in [1.29, 1.82) is 0 Å². The SMILES string of the molecule is CNC(=O)c1cccc(NC(=O)c2ccc(-c3nc(C)cs3)cc2)c1C. The third-order valence-electron chi connectivity index (χ3n) is 4.07. The Bertz CT molecular complexity index is 961. The summed E-state index contributed by atoms with van der Waals surface area (Å²) in [5, 5.41) is 8.41. The molecule has 0 aliphatic heterocycles. The van der Waals surface area contributed by atoms with Crippen molar-refractivity contribution in [3.63, 3.8) is 0 Å². The molecule has 2 N–H and O–H groups in total. The molecule has 0 saturated heterocycles. The van der Waals surface area contributed by atoms with Crippen LogP contribution < -0.4 is 10.6 Å². The second-order valence-corrected chi connectivity index (χ2v) is 6.74. The van der Waals surface area contributed by atoms with Gasteiger partial charge in [0, 0.05) is 40.5 Å². The first kappa shape index (κ1) is 17.8. The minimum atomic E-state index is -0.218. The minimum absolute atomic E-state index is 0.179. The standard InChI is InChI=1S/C20H19N3O2S/c1-12-11-26-20(22-12)15-9-7-14(8-10-15)18(24)23-17-6-4-5-16(13(17)2)19(25)21-3/h4-11H,1-3H3,(H,21,25)(H,23,24). The molecule has 2 aromatic carbocycles. The van der Waals surface area contributed by atoms with Crippen molar-refractivity contribution in [2.75, 3.05) is 12.4 Å². The molecule has 26 heavy (non-hydrogen) atoms. The second-order valence-electron chi connectivity index (χ2n) is 5.88. The number of aryl methyl sites for hydroxylation is 1. The van der Waals surface area contributed by atoms with Gasteiger partial charge in [0.2, 0.25) is 0 Å². The Morgan fingerprint density at radius 2 is 1.73 bits per heavy atom. The van der Waals surface area contributed by atoms with Crippen LogP contribution in [0.4, 0.5) is 5.69 Å². The van der Waals surface area contributed by atoms with E-state index in [9.17, 15) is 9.59 Å². The van der Waals surface area contributed by atoms with E-state index in [1.807, 2.05) is 31.4 Å². The lowest BCUT2D eigenvalue weighted by atomic mass is 10.1. The zero-order valence-electron chi connectivity index (χ0n) is 14.8. The lowest BCUT2D eigenvalue weighted by molar-refractivity contribution is 0.0960. The van der Waals surface area contributed by atoms with Crippen LogP contribution in [0.3, 0.4) is 0 Å². The third kappa shape index (κ3) is 3.65. The molecule has 0 unspecified atom stereocenters. The van der Waals surface area contributed by atoms with E-state index in [-0.39, 0.29) is 11.8 Å². The van der Waals surface area contributed by atoms with E-state index in [4.69, 9.17) is 0 Å². The van der Waals surface area contributed by atoms with Crippen molar-refractivity contribution in [3.05, 3.63) is 70.2 Å². The van der Waals surface area contributed by atoms with E-state index in [0.29, 0.717) is 16.8 Å².